The van der Waals surface area contributed by atoms with E-state index in [2.05, 4.69) is 0 Å². The van der Waals surface area contributed by atoms with Crippen molar-refractivity contribution in [2.45, 2.75) is 37.1 Å². The topological polar surface area (TPSA) is 74.7 Å². The number of benzene rings is 1. The molecule has 0 radical (unpaired) electrons. The summed E-state index contributed by atoms with van der Waals surface area (Å²) >= 11 is 0. The quantitative estimate of drug-likeness (QED) is 0.923. The number of hydrogen-bond acceptors (Lipinski definition) is 3. The van der Waals surface area contributed by atoms with E-state index in [9.17, 15) is 22.0 Å². The van der Waals surface area contributed by atoms with Gasteiger partial charge in [0, 0.05) is 12.6 Å². The van der Waals surface area contributed by atoms with Crippen LogP contribution < -0.4 is 0 Å². The zero-order valence-electron chi connectivity index (χ0n) is 11.3. The normalized spacial score (nSPS) is 19.9. The van der Waals surface area contributed by atoms with Crippen LogP contribution in [0.15, 0.2) is 17.0 Å². The van der Waals surface area contributed by atoms with Crippen molar-refractivity contribution in [3.05, 3.63) is 29.3 Å². The van der Waals surface area contributed by atoms with Gasteiger partial charge < -0.3 is 5.11 Å². The number of sulfonamides is 1. The van der Waals surface area contributed by atoms with Gasteiger partial charge in [0.1, 0.15) is 16.3 Å². The van der Waals surface area contributed by atoms with E-state index in [4.69, 9.17) is 5.11 Å². The van der Waals surface area contributed by atoms with E-state index in [1.165, 1.54) is 0 Å². The Kier molecular flexibility index (Phi) is 4.29. The summed E-state index contributed by atoms with van der Waals surface area (Å²) in [4.78, 5) is 10.1. The summed E-state index contributed by atoms with van der Waals surface area (Å²) in [7, 11) is -4.18. The number of carboxylic acids is 1. The van der Waals surface area contributed by atoms with Crippen LogP contribution in [0.5, 0.6) is 0 Å². The van der Waals surface area contributed by atoms with Crippen LogP contribution in [0.1, 0.15) is 36.5 Å². The first-order chi connectivity index (χ1) is 9.80. The molecular weight excluding hydrogens is 304 g/mol. The van der Waals surface area contributed by atoms with Crippen molar-refractivity contribution in [2.24, 2.45) is 0 Å². The van der Waals surface area contributed by atoms with Gasteiger partial charge >= 0.3 is 5.97 Å². The number of carboxylic acid groups (broad SMARTS) is 1. The number of halogens is 2. The van der Waals surface area contributed by atoms with Crippen molar-refractivity contribution in [1.82, 2.24) is 4.31 Å². The molecule has 0 amide bonds. The van der Waals surface area contributed by atoms with Crippen LogP contribution in [0.4, 0.5) is 8.78 Å². The van der Waals surface area contributed by atoms with Crippen LogP contribution in [-0.4, -0.2) is 36.4 Å². The monoisotopic (exact) mass is 319 g/mol. The van der Waals surface area contributed by atoms with Crippen molar-refractivity contribution in [2.75, 3.05) is 6.54 Å². The van der Waals surface area contributed by atoms with E-state index in [1.807, 2.05) is 6.92 Å². The van der Waals surface area contributed by atoms with Gasteiger partial charge in [0.25, 0.3) is 0 Å². The molecule has 8 heteroatoms. The molecule has 5 nitrogen and oxygen atoms in total. The molecule has 1 heterocycles. The molecule has 0 bridgehead atoms. The van der Waals surface area contributed by atoms with Gasteiger partial charge in [-0.2, -0.15) is 4.31 Å². The predicted octanol–water partition coefficient (Wildman–Crippen LogP) is 2.23. The Balaban J connectivity index is 2.56. The van der Waals surface area contributed by atoms with Gasteiger partial charge in [0.15, 0.2) is 5.82 Å². The first kappa shape index (κ1) is 15.8. The van der Waals surface area contributed by atoms with E-state index in [-0.39, 0.29) is 12.6 Å². The summed E-state index contributed by atoms with van der Waals surface area (Å²) in [6.07, 6.45) is 1.91. The molecule has 1 fully saturated rings. The minimum absolute atomic E-state index is 0.243. The fraction of sp³-hybridized carbons (Fsp3) is 0.462. The van der Waals surface area contributed by atoms with Crippen LogP contribution >= 0.6 is 0 Å². The lowest BCUT2D eigenvalue weighted by Crippen LogP contribution is -2.35. The number of rotatable bonds is 4. The average Bonchev–Trinajstić information content (AvgIpc) is 2.86. The van der Waals surface area contributed by atoms with E-state index in [1.54, 1.807) is 0 Å². The molecule has 1 N–H and O–H groups in total. The number of carbonyl (C=O) groups is 1. The second-order valence-corrected chi connectivity index (χ2v) is 6.72. The lowest BCUT2D eigenvalue weighted by atomic mass is 10.2. The number of aromatic carboxylic acids is 1. The Labute approximate surface area is 121 Å². The first-order valence-electron chi connectivity index (χ1n) is 6.53. The Bertz CT molecular complexity index is 675. The van der Waals surface area contributed by atoms with Crippen LogP contribution in [0.3, 0.4) is 0 Å². The Hall–Kier alpha value is -1.54. The van der Waals surface area contributed by atoms with E-state index < -0.39 is 38.1 Å². The minimum atomic E-state index is -4.18. The molecule has 0 aromatic heterocycles. The molecule has 1 unspecified atom stereocenters. The van der Waals surface area contributed by atoms with Crippen molar-refractivity contribution in [1.29, 1.82) is 0 Å². The predicted molar refractivity (Wildman–Crippen MR) is 70.5 cm³/mol. The van der Waals surface area contributed by atoms with Gasteiger partial charge in [-0.3, -0.25) is 0 Å². The minimum Gasteiger partial charge on any atom is -0.477 e. The fourth-order valence-corrected chi connectivity index (χ4v) is 4.43. The Morgan fingerprint density at radius 2 is 2.10 bits per heavy atom. The first-order valence-corrected chi connectivity index (χ1v) is 7.97. The zero-order valence-corrected chi connectivity index (χ0v) is 12.2. The average molecular weight is 319 g/mol. The smallest absolute Gasteiger partial charge is 0.341 e. The maximum atomic E-state index is 14.1. The largest absolute Gasteiger partial charge is 0.477 e. The Morgan fingerprint density at radius 1 is 1.43 bits per heavy atom. The maximum Gasteiger partial charge on any atom is 0.341 e. The standard InChI is InChI=1S/C13H15F2NO4S/c1-2-8-4-3-7-16(8)21(19,20)10-6-5-9(14)11(12(10)15)13(17)18/h5-6,8H,2-4,7H2,1H3,(H,17,18). The highest BCUT2D eigenvalue weighted by atomic mass is 32.2. The second kappa shape index (κ2) is 5.69. The molecule has 0 aliphatic carbocycles. The molecule has 0 spiro atoms. The Morgan fingerprint density at radius 3 is 2.67 bits per heavy atom. The molecule has 21 heavy (non-hydrogen) atoms. The SMILES string of the molecule is CCC1CCCN1S(=O)(=O)c1ccc(F)c(C(=O)O)c1F. The van der Waals surface area contributed by atoms with Gasteiger partial charge in [-0.1, -0.05) is 6.92 Å². The molecule has 1 aliphatic rings. The summed E-state index contributed by atoms with van der Waals surface area (Å²) in [5, 5.41) is 8.81. The molecule has 116 valence electrons. The van der Waals surface area contributed by atoms with Gasteiger partial charge in [-0.05, 0) is 31.4 Å². The van der Waals surface area contributed by atoms with Gasteiger partial charge in [0.05, 0.1) is 0 Å². The molecule has 1 aromatic rings. The van der Waals surface area contributed by atoms with Crippen LogP contribution in [-0.2, 0) is 10.0 Å². The van der Waals surface area contributed by atoms with E-state index in [0.29, 0.717) is 25.3 Å². The van der Waals surface area contributed by atoms with Crippen LogP contribution in [0.2, 0.25) is 0 Å². The molecular formula is C13H15F2NO4S. The maximum absolute atomic E-state index is 14.1. The summed E-state index contributed by atoms with van der Waals surface area (Å²) < 4.78 is 53.6. The summed E-state index contributed by atoms with van der Waals surface area (Å²) in [6, 6.07) is 1.20. The highest BCUT2D eigenvalue weighted by molar-refractivity contribution is 7.89. The molecule has 1 aromatic carbocycles. The summed E-state index contributed by atoms with van der Waals surface area (Å²) in [6.45, 7) is 2.07. The van der Waals surface area contributed by atoms with Gasteiger partial charge in [0.2, 0.25) is 10.0 Å². The van der Waals surface area contributed by atoms with E-state index >= 15 is 0 Å². The highest BCUT2D eigenvalue weighted by Gasteiger charge is 2.37. The third-order valence-electron chi connectivity index (χ3n) is 3.65. The van der Waals surface area contributed by atoms with Crippen LogP contribution in [0, 0.1) is 11.6 Å². The van der Waals surface area contributed by atoms with Crippen molar-refractivity contribution >= 4 is 16.0 Å². The number of nitrogens with zero attached hydrogens (tertiary/aromatic N) is 1. The lowest BCUT2D eigenvalue weighted by molar-refractivity contribution is 0.0685. The van der Waals surface area contributed by atoms with Gasteiger partial charge in [-0.15, -0.1) is 0 Å². The summed E-state index contributed by atoms with van der Waals surface area (Å²) in [5.74, 6) is -4.69. The second-order valence-electron chi connectivity index (χ2n) is 4.86. The van der Waals surface area contributed by atoms with Crippen molar-refractivity contribution < 1.29 is 27.1 Å². The van der Waals surface area contributed by atoms with Crippen molar-refractivity contribution in [3.8, 4) is 0 Å². The van der Waals surface area contributed by atoms with Crippen molar-refractivity contribution in [3.63, 3.8) is 0 Å². The number of hydrogen-bond donors (Lipinski definition) is 1. The lowest BCUT2D eigenvalue weighted by Gasteiger charge is -2.23. The fourth-order valence-electron chi connectivity index (χ4n) is 2.59. The molecule has 1 aliphatic heterocycles. The zero-order chi connectivity index (χ0) is 15.8. The third-order valence-corrected chi connectivity index (χ3v) is 5.62. The highest BCUT2D eigenvalue weighted by Crippen LogP contribution is 2.30. The van der Waals surface area contributed by atoms with E-state index in [0.717, 1.165) is 10.4 Å². The molecule has 0 saturated carbocycles. The molecule has 1 atom stereocenters. The van der Waals surface area contributed by atoms with Gasteiger partial charge in [-0.25, -0.2) is 22.0 Å². The summed E-state index contributed by atoms with van der Waals surface area (Å²) in [5.41, 5.74) is -1.25. The third kappa shape index (κ3) is 2.65. The van der Waals surface area contributed by atoms with Crippen LogP contribution in [0.25, 0.3) is 0 Å². The molecule has 1 saturated heterocycles. The molecule has 2 rings (SSSR count).